The van der Waals surface area contributed by atoms with Crippen molar-refractivity contribution in [2.24, 2.45) is 0 Å². The van der Waals surface area contributed by atoms with Crippen LogP contribution < -0.4 is 0 Å². The minimum absolute atomic E-state index is 0.0783. The molecule has 0 saturated heterocycles. The third-order valence-corrected chi connectivity index (χ3v) is 17.7. The predicted octanol–water partition coefficient (Wildman–Crippen LogP) is 21.4. The Morgan fingerprint density at radius 2 is 0.562 bits per heavy atom. The summed E-state index contributed by atoms with van der Waals surface area (Å²) in [4.78, 5) is 72.8. The quantitative estimate of drug-likeness (QED) is 0.0169. The molecule has 0 bridgehead atoms. The van der Waals surface area contributed by atoms with Crippen molar-refractivity contribution in [3.05, 3.63) is 85.1 Å². The number of phosphoric ester groups is 2. The van der Waals surface area contributed by atoms with Gasteiger partial charge in [-0.25, -0.2) is 9.13 Å². The average Bonchev–Trinajstić information content (AvgIpc) is 1.14. The van der Waals surface area contributed by atoms with Crippen LogP contribution in [0, 0.1) is 0 Å². The molecule has 0 aromatic carbocycles. The molecular formula is C77H136O17P2. The fourth-order valence-electron chi connectivity index (χ4n) is 10.0. The van der Waals surface area contributed by atoms with Gasteiger partial charge in [-0.05, 0) is 135 Å². The summed E-state index contributed by atoms with van der Waals surface area (Å²) in [7, 11) is -9.95. The van der Waals surface area contributed by atoms with Gasteiger partial charge in [0.15, 0.2) is 12.2 Å². The van der Waals surface area contributed by atoms with Crippen molar-refractivity contribution in [2.75, 3.05) is 39.6 Å². The SMILES string of the molecule is CC/C=C\C/C=C\C/C=C\CCCCCCCC(=O)OCC(COP(=O)(O)OCC(O)COP(=O)(O)OCC(COC(=O)CCCCCCC/C=C\CCCCCCCC)OC(=O)CCCCCCC/C=C\C/C=C\CCC)OC(=O)CCCCCCC/C=C\CCCCCC. The highest BCUT2D eigenvalue weighted by molar-refractivity contribution is 7.47. The number of hydrogen-bond acceptors (Lipinski definition) is 15. The molecule has 96 heavy (non-hydrogen) atoms. The van der Waals surface area contributed by atoms with E-state index in [1.165, 1.54) is 64.2 Å². The lowest BCUT2D eigenvalue weighted by molar-refractivity contribution is -0.161. The summed E-state index contributed by atoms with van der Waals surface area (Å²) in [6.45, 7) is 4.64. The molecule has 0 heterocycles. The molecule has 5 unspecified atom stereocenters. The summed E-state index contributed by atoms with van der Waals surface area (Å²) >= 11 is 0. The van der Waals surface area contributed by atoms with Gasteiger partial charge in [0.2, 0.25) is 0 Å². The van der Waals surface area contributed by atoms with Gasteiger partial charge in [-0.15, -0.1) is 0 Å². The van der Waals surface area contributed by atoms with Crippen molar-refractivity contribution in [1.82, 2.24) is 0 Å². The number of unbranched alkanes of at least 4 members (excludes halogenated alkanes) is 31. The third-order valence-electron chi connectivity index (χ3n) is 15.8. The number of allylic oxidation sites excluding steroid dienone is 14. The van der Waals surface area contributed by atoms with E-state index in [1.807, 2.05) is 0 Å². The topological polar surface area (TPSA) is 237 Å². The van der Waals surface area contributed by atoms with Gasteiger partial charge >= 0.3 is 39.5 Å². The summed E-state index contributed by atoms with van der Waals surface area (Å²) in [6, 6.07) is 0. The number of aliphatic hydroxyl groups excluding tert-OH is 1. The van der Waals surface area contributed by atoms with Gasteiger partial charge in [0.05, 0.1) is 26.4 Å². The Morgan fingerprint density at radius 3 is 0.896 bits per heavy atom. The number of carbonyl (C=O) groups is 4. The summed E-state index contributed by atoms with van der Waals surface area (Å²) in [5.41, 5.74) is 0. The molecule has 0 aliphatic heterocycles. The highest BCUT2D eigenvalue weighted by atomic mass is 31.2. The van der Waals surface area contributed by atoms with E-state index in [-0.39, 0.29) is 25.7 Å². The predicted molar refractivity (Wildman–Crippen MR) is 390 cm³/mol. The molecule has 0 aromatic rings. The molecule has 0 aliphatic rings. The second kappa shape index (κ2) is 69.7. The van der Waals surface area contributed by atoms with Crippen molar-refractivity contribution >= 4 is 39.5 Å². The molecule has 19 heteroatoms. The molecule has 0 spiro atoms. The van der Waals surface area contributed by atoms with E-state index in [0.717, 1.165) is 180 Å². The van der Waals surface area contributed by atoms with E-state index in [9.17, 15) is 43.2 Å². The Labute approximate surface area is 583 Å². The fraction of sp³-hybridized carbons (Fsp3) is 0.766. The van der Waals surface area contributed by atoms with Gasteiger partial charge in [0.1, 0.15) is 19.3 Å². The molecule has 0 aliphatic carbocycles. The first kappa shape index (κ1) is 92.2. The number of phosphoric acid groups is 2. The average molecular weight is 1400 g/mol. The van der Waals surface area contributed by atoms with E-state index < -0.39 is 97.5 Å². The molecule has 0 aromatic heterocycles. The minimum Gasteiger partial charge on any atom is -0.462 e. The summed E-state index contributed by atoms with van der Waals surface area (Å²) in [6.07, 6.45) is 70.0. The van der Waals surface area contributed by atoms with E-state index in [0.29, 0.717) is 25.7 Å². The maximum Gasteiger partial charge on any atom is 0.472 e. The number of aliphatic hydroxyl groups is 1. The zero-order valence-corrected chi connectivity index (χ0v) is 62.3. The molecule has 17 nitrogen and oxygen atoms in total. The van der Waals surface area contributed by atoms with Crippen molar-refractivity contribution in [2.45, 2.75) is 341 Å². The van der Waals surface area contributed by atoms with E-state index >= 15 is 0 Å². The van der Waals surface area contributed by atoms with Gasteiger partial charge in [-0.3, -0.25) is 37.3 Å². The molecule has 556 valence electrons. The molecular weight excluding hydrogens is 1260 g/mol. The van der Waals surface area contributed by atoms with Gasteiger partial charge in [0, 0.05) is 25.7 Å². The number of hydrogen-bond donors (Lipinski definition) is 3. The highest BCUT2D eigenvalue weighted by Gasteiger charge is 2.30. The van der Waals surface area contributed by atoms with Crippen LogP contribution in [0.3, 0.4) is 0 Å². The smallest absolute Gasteiger partial charge is 0.462 e. The first-order valence-corrected chi connectivity index (χ1v) is 40.8. The molecule has 0 radical (unpaired) electrons. The molecule has 0 amide bonds. The number of ether oxygens (including phenoxy) is 4. The summed E-state index contributed by atoms with van der Waals surface area (Å²) in [5, 5.41) is 10.6. The largest absolute Gasteiger partial charge is 0.472 e. The Hall–Kier alpha value is -3.76. The van der Waals surface area contributed by atoms with Crippen LogP contribution in [-0.2, 0) is 65.4 Å². The highest BCUT2D eigenvalue weighted by Crippen LogP contribution is 2.45. The Bertz CT molecular complexity index is 2160. The van der Waals surface area contributed by atoms with Crippen LogP contribution >= 0.6 is 15.6 Å². The number of esters is 4. The summed E-state index contributed by atoms with van der Waals surface area (Å²) < 4.78 is 68.4. The van der Waals surface area contributed by atoms with Crippen LogP contribution in [0.15, 0.2) is 85.1 Å². The van der Waals surface area contributed by atoms with Crippen LogP contribution in [0.25, 0.3) is 0 Å². The molecule has 0 saturated carbocycles. The monoisotopic (exact) mass is 1390 g/mol. The van der Waals surface area contributed by atoms with Gasteiger partial charge < -0.3 is 33.8 Å². The second-order valence-electron chi connectivity index (χ2n) is 25.2. The van der Waals surface area contributed by atoms with Crippen LogP contribution in [0.1, 0.15) is 323 Å². The van der Waals surface area contributed by atoms with Gasteiger partial charge in [-0.1, -0.05) is 248 Å². The van der Waals surface area contributed by atoms with Crippen molar-refractivity contribution in [1.29, 1.82) is 0 Å². The van der Waals surface area contributed by atoms with Crippen LogP contribution in [0.5, 0.6) is 0 Å². The van der Waals surface area contributed by atoms with Gasteiger partial charge in [-0.2, -0.15) is 0 Å². The standard InChI is InChI=1S/C77H136O17P2/c1-5-9-13-17-21-25-29-33-35-39-41-45-49-53-57-61-74(79)87-67-72(93-76(81)63-59-55-51-47-43-37-31-27-23-19-15-11-7-3)69-91-95(83,84)89-65-71(78)66-90-96(85,86)92-70-73(94-77(82)64-60-56-52-48-44-38-32-28-24-20-16-12-8-4)68-88-75(80)62-58-54-50-46-42-40-36-34-30-26-22-18-14-10-6-2/h9,13,16,20-21,25,27-28,31-36,71-73,78H,5-8,10-12,14-15,17-19,22-24,26,29-30,37-70H2,1-4H3,(H,83,84)(H,85,86)/b13-9-,20-16-,25-21-,31-27-,32-28-,35-33-,36-34-. The first-order chi connectivity index (χ1) is 46.7. The number of carbonyl (C=O) groups excluding carboxylic acids is 4. The van der Waals surface area contributed by atoms with Crippen molar-refractivity contribution < 1.29 is 80.2 Å². The first-order valence-electron chi connectivity index (χ1n) is 37.8. The lowest BCUT2D eigenvalue weighted by atomic mass is 10.1. The Balaban J connectivity index is 5.35. The number of rotatable bonds is 71. The fourth-order valence-corrected chi connectivity index (χ4v) is 11.6. The third kappa shape index (κ3) is 68.8. The zero-order chi connectivity index (χ0) is 70.4. The Morgan fingerprint density at radius 1 is 0.302 bits per heavy atom. The second-order valence-corrected chi connectivity index (χ2v) is 28.1. The molecule has 0 fully saturated rings. The molecule has 5 atom stereocenters. The van der Waals surface area contributed by atoms with E-state index in [2.05, 4.69) is 113 Å². The maximum atomic E-state index is 13.1. The van der Waals surface area contributed by atoms with Gasteiger partial charge in [0.25, 0.3) is 0 Å². The molecule has 3 N–H and O–H groups in total. The van der Waals surface area contributed by atoms with E-state index in [1.54, 1.807) is 0 Å². The lowest BCUT2D eigenvalue weighted by Gasteiger charge is -2.21. The van der Waals surface area contributed by atoms with Crippen LogP contribution in [-0.4, -0.2) is 96.7 Å². The van der Waals surface area contributed by atoms with Crippen molar-refractivity contribution in [3.63, 3.8) is 0 Å². The minimum atomic E-state index is -4.98. The molecule has 0 rings (SSSR count). The summed E-state index contributed by atoms with van der Waals surface area (Å²) in [5.74, 6) is -2.21. The zero-order valence-electron chi connectivity index (χ0n) is 60.5. The van der Waals surface area contributed by atoms with Crippen molar-refractivity contribution in [3.8, 4) is 0 Å². The normalized spacial score (nSPS) is 14.4. The Kier molecular flexibility index (Phi) is 67.0. The van der Waals surface area contributed by atoms with Crippen LogP contribution in [0.4, 0.5) is 0 Å². The lowest BCUT2D eigenvalue weighted by Crippen LogP contribution is -2.30. The maximum absolute atomic E-state index is 13.1. The van der Waals surface area contributed by atoms with E-state index in [4.69, 9.17) is 37.0 Å². The van der Waals surface area contributed by atoms with Crippen LogP contribution in [0.2, 0.25) is 0 Å².